The Bertz CT molecular complexity index is 583. The number of aromatic nitrogens is 3. The van der Waals surface area contributed by atoms with E-state index in [9.17, 15) is 9.90 Å². The van der Waals surface area contributed by atoms with Gasteiger partial charge in [0.2, 0.25) is 17.6 Å². The summed E-state index contributed by atoms with van der Waals surface area (Å²) in [5, 5.41) is 13.1. The van der Waals surface area contributed by atoms with Crippen LogP contribution in [0.5, 0.6) is 0 Å². The predicted molar refractivity (Wildman–Crippen MR) is 75.2 cm³/mol. The Hall–Kier alpha value is -2.28. The molecule has 2 aromatic rings. The first kappa shape index (κ1) is 15.1. The zero-order valence-electron chi connectivity index (χ0n) is 12.1. The van der Waals surface area contributed by atoms with Gasteiger partial charge in [-0.3, -0.25) is 9.78 Å². The van der Waals surface area contributed by atoms with Gasteiger partial charge in [-0.1, -0.05) is 11.2 Å². The van der Waals surface area contributed by atoms with Crippen LogP contribution in [0.2, 0.25) is 0 Å². The standard InChI is InChI=1S/C14H18N4O3/c1-10(19)9-18(2)13(20)7-6-12-16-14(17-21-12)11-5-3-4-8-15-11/h3-5,8,10,19H,6-7,9H2,1-2H3. The molecule has 7 heteroatoms. The highest BCUT2D eigenvalue weighted by molar-refractivity contribution is 5.76. The molecule has 1 unspecified atom stereocenters. The average molecular weight is 290 g/mol. The van der Waals surface area contributed by atoms with Crippen molar-refractivity contribution in [3.63, 3.8) is 0 Å². The van der Waals surface area contributed by atoms with Gasteiger partial charge in [0.05, 0.1) is 6.10 Å². The third-order valence-corrected chi connectivity index (χ3v) is 2.88. The fourth-order valence-electron chi connectivity index (χ4n) is 1.86. The Morgan fingerprint density at radius 2 is 2.29 bits per heavy atom. The van der Waals surface area contributed by atoms with E-state index in [1.165, 1.54) is 4.90 Å². The maximum Gasteiger partial charge on any atom is 0.227 e. The van der Waals surface area contributed by atoms with E-state index in [4.69, 9.17) is 4.52 Å². The van der Waals surface area contributed by atoms with E-state index in [-0.39, 0.29) is 12.3 Å². The van der Waals surface area contributed by atoms with Crippen LogP contribution in [0.25, 0.3) is 11.5 Å². The Kier molecular flexibility index (Phi) is 4.99. The monoisotopic (exact) mass is 290 g/mol. The summed E-state index contributed by atoms with van der Waals surface area (Å²) in [5.41, 5.74) is 0.630. The first-order valence-electron chi connectivity index (χ1n) is 6.72. The van der Waals surface area contributed by atoms with Gasteiger partial charge in [-0.2, -0.15) is 4.98 Å². The fourth-order valence-corrected chi connectivity index (χ4v) is 1.86. The molecule has 2 heterocycles. The van der Waals surface area contributed by atoms with Gasteiger partial charge < -0.3 is 14.5 Å². The summed E-state index contributed by atoms with van der Waals surface area (Å²) in [7, 11) is 1.65. The minimum Gasteiger partial charge on any atom is -0.392 e. The van der Waals surface area contributed by atoms with Crippen molar-refractivity contribution in [1.29, 1.82) is 0 Å². The first-order valence-corrected chi connectivity index (χ1v) is 6.72. The second kappa shape index (κ2) is 6.94. The SMILES string of the molecule is CC(O)CN(C)C(=O)CCc1nc(-c2ccccn2)no1. The van der Waals surface area contributed by atoms with Crippen molar-refractivity contribution in [1.82, 2.24) is 20.0 Å². The highest BCUT2D eigenvalue weighted by Crippen LogP contribution is 2.12. The summed E-state index contributed by atoms with van der Waals surface area (Å²) in [5.74, 6) is 0.735. The number of aliphatic hydroxyl groups is 1. The second-order valence-corrected chi connectivity index (χ2v) is 4.85. The van der Waals surface area contributed by atoms with Crippen LogP contribution in [0.1, 0.15) is 19.2 Å². The van der Waals surface area contributed by atoms with Gasteiger partial charge in [0.1, 0.15) is 5.69 Å². The van der Waals surface area contributed by atoms with Crippen molar-refractivity contribution in [2.45, 2.75) is 25.9 Å². The number of pyridine rings is 1. The van der Waals surface area contributed by atoms with Crippen LogP contribution < -0.4 is 0 Å². The minimum absolute atomic E-state index is 0.0755. The second-order valence-electron chi connectivity index (χ2n) is 4.85. The summed E-state index contributed by atoms with van der Waals surface area (Å²) >= 11 is 0. The molecule has 0 bridgehead atoms. The van der Waals surface area contributed by atoms with Gasteiger partial charge in [-0.05, 0) is 19.1 Å². The molecule has 1 amide bonds. The van der Waals surface area contributed by atoms with Gasteiger partial charge in [-0.25, -0.2) is 0 Å². The predicted octanol–water partition coefficient (Wildman–Crippen LogP) is 0.903. The Morgan fingerprint density at radius 3 is 2.95 bits per heavy atom. The first-order chi connectivity index (χ1) is 10.1. The van der Waals surface area contributed by atoms with E-state index in [1.54, 1.807) is 32.3 Å². The molecule has 0 saturated heterocycles. The number of amides is 1. The quantitative estimate of drug-likeness (QED) is 0.850. The maximum atomic E-state index is 11.8. The highest BCUT2D eigenvalue weighted by atomic mass is 16.5. The van der Waals surface area contributed by atoms with E-state index in [1.807, 2.05) is 6.07 Å². The summed E-state index contributed by atoms with van der Waals surface area (Å²) in [6.07, 6.45) is 1.73. The number of hydrogen-bond acceptors (Lipinski definition) is 6. The number of carbonyl (C=O) groups is 1. The summed E-state index contributed by atoms with van der Waals surface area (Å²) in [6.45, 7) is 1.95. The number of aliphatic hydroxyl groups excluding tert-OH is 1. The van der Waals surface area contributed by atoms with Gasteiger partial charge in [-0.15, -0.1) is 0 Å². The van der Waals surface area contributed by atoms with Crippen molar-refractivity contribution in [3.8, 4) is 11.5 Å². The van der Waals surface area contributed by atoms with Gasteiger partial charge >= 0.3 is 0 Å². The van der Waals surface area contributed by atoms with Crippen molar-refractivity contribution in [2.24, 2.45) is 0 Å². The third-order valence-electron chi connectivity index (χ3n) is 2.88. The molecule has 21 heavy (non-hydrogen) atoms. The molecule has 7 nitrogen and oxygen atoms in total. The molecule has 112 valence electrons. The van der Waals surface area contributed by atoms with E-state index >= 15 is 0 Å². The smallest absolute Gasteiger partial charge is 0.227 e. The lowest BCUT2D eigenvalue weighted by Gasteiger charge is -2.18. The van der Waals surface area contributed by atoms with E-state index in [2.05, 4.69) is 15.1 Å². The number of nitrogens with zero attached hydrogens (tertiary/aromatic N) is 4. The topological polar surface area (TPSA) is 92.3 Å². The molecule has 0 spiro atoms. The maximum absolute atomic E-state index is 11.8. The largest absolute Gasteiger partial charge is 0.392 e. The van der Waals surface area contributed by atoms with Crippen molar-refractivity contribution in [3.05, 3.63) is 30.3 Å². The van der Waals surface area contributed by atoms with Gasteiger partial charge in [0.15, 0.2) is 0 Å². The fraction of sp³-hybridized carbons (Fsp3) is 0.429. The summed E-state index contributed by atoms with van der Waals surface area (Å²) in [6, 6.07) is 5.43. The van der Waals surface area contributed by atoms with Crippen molar-refractivity contribution in [2.75, 3.05) is 13.6 Å². The highest BCUT2D eigenvalue weighted by Gasteiger charge is 2.14. The van der Waals surface area contributed by atoms with E-state index in [0.29, 0.717) is 30.4 Å². The molecular weight excluding hydrogens is 272 g/mol. The number of rotatable bonds is 6. The molecule has 0 aliphatic carbocycles. The molecule has 2 rings (SSSR count). The molecule has 2 aromatic heterocycles. The van der Waals surface area contributed by atoms with E-state index < -0.39 is 6.10 Å². The van der Waals surface area contributed by atoms with Crippen LogP contribution in [0.15, 0.2) is 28.9 Å². The Balaban J connectivity index is 1.90. The van der Waals surface area contributed by atoms with Crippen molar-refractivity contribution < 1.29 is 14.4 Å². The lowest BCUT2D eigenvalue weighted by atomic mass is 10.2. The molecule has 0 radical (unpaired) electrons. The molecule has 0 saturated carbocycles. The average Bonchev–Trinajstić information content (AvgIpc) is 2.94. The molecule has 0 aliphatic rings. The Labute approximate surface area is 122 Å². The molecule has 1 atom stereocenters. The number of aryl methyl sites for hydroxylation is 1. The van der Waals surface area contributed by atoms with Crippen LogP contribution in [0, 0.1) is 0 Å². The van der Waals surface area contributed by atoms with Gasteiger partial charge in [0, 0.05) is 32.6 Å². The van der Waals surface area contributed by atoms with E-state index in [0.717, 1.165) is 0 Å². The van der Waals surface area contributed by atoms with Crippen LogP contribution in [0.3, 0.4) is 0 Å². The zero-order valence-corrected chi connectivity index (χ0v) is 12.1. The minimum atomic E-state index is -0.543. The lowest BCUT2D eigenvalue weighted by molar-refractivity contribution is -0.131. The molecule has 1 N–H and O–H groups in total. The number of likely N-dealkylation sites (N-methyl/N-ethyl adjacent to an activating group) is 1. The number of hydrogen-bond donors (Lipinski definition) is 1. The summed E-state index contributed by atoms with van der Waals surface area (Å²) < 4.78 is 5.11. The Morgan fingerprint density at radius 1 is 1.48 bits per heavy atom. The van der Waals surface area contributed by atoms with Crippen LogP contribution in [-0.2, 0) is 11.2 Å². The normalized spacial score (nSPS) is 12.1. The van der Waals surface area contributed by atoms with Crippen LogP contribution in [-0.4, -0.2) is 50.7 Å². The lowest BCUT2D eigenvalue weighted by Crippen LogP contribution is -2.33. The zero-order chi connectivity index (χ0) is 15.2. The molecule has 0 fully saturated rings. The van der Waals surface area contributed by atoms with Crippen LogP contribution in [0.4, 0.5) is 0 Å². The third kappa shape index (κ3) is 4.35. The van der Waals surface area contributed by atoms with Crippen molar-refractivity contribution >= 4 is 5.91 Å². The van der Waals surface area contributed by atoms with Crippen LogP contribution >= 0.6 is 0 Å². The molecular formula is C14H18N4O3. The number of carbonyl (C=O) groups excluding carboxylic acids is 1. The summed E-state index contributed by atoms with van der Waals surface area (Å²) in [4.78, 5) is 21.7. The molecule has 0 aliphatic heterocycles. The van der Waals surface area contributed by atoms with Gasteiger partial charge in [0.25, 0.3) is 0 Å². The molecule has 0 aromatic carbocycles.